The van der Waals surface area contributed by atoms with Gasteiger partial charge in [-0.1, -0.05) is 52.2 Å². The molecule has 1 saturated carbocycles. The Morgan fingerprint density at radius 2 is 1.85 bits per heavy atom. The van der Waals surface area contributed by atoms with Crippen molar-refractivity contribution in [2.75, 3.05) is 13.1 Å². The molecule has 0 saturated heterocycles. The number of nitrogens with one attached hydrogen (secondary N) is 1. The van der Waals surface area contributed by atoms with Gasteiger partial charge in [-0.2, -0.15) is 0 Å². The Balaban J connectivity index is 2.04. The fourth-order valence-corrected chi connectivity index (χ4v) is 4.52. The third kappa shape index (κ3) is 3.30. The van der Waals surface area contributed by atoms with Gasteiger partial charge in [0.1, 0.15) is 0 Å². The molecule has 0 aromatic rings. The average Bonchev–Trinajstić information content (AvgIpc) is 2.42. The molecule has 0 unspecified atom stereocenters. The van der Waals surface area contributed by atoms with Gasteiger partial charge in [0.15, 0.2) is 0 Å². The quantitative estimate of drug-likeness (QED) is 0.621. The van der Waals surface area contributed by atoms with E-state index in [2.05, 4.69) is 39.1 Å². The van der Waals surface area contributed by atoms with Crippen molar-refractivity contribution in [3.8, 4) is 0 Å². The molecular weight excluding hydrogens is 242 g/mol. The molecule has 1 fully saturated rings. The van der Waals surface area contributed by atoms with Crippen molar-refractivity contribution in [3.63, 3.8) is 0 Å². The minimum absolute atomic E-state index is 0.515. The molecule has 0 atom stereocenters. The van der Waals surface area contributed by atoms with Gasteiger partial charge in [-0.3, -0.25) is 0 Å². The van der Waals surface area contributed by atoms with Gasteiger partial charge in [0.2, 0.25) is 0 Å². The largest absolute Gasteiger partial charge is 0.316 e. The van der Waals surface area contributed by atoms with Crippen LogP contribution in [0.2, 0.25) is 0 Å². The highest BCUT2D eigenvalue weighted by atomic mass is 14.9. The zero-order valence-electron chi connectivity index (χ0n) is 14.2. The fourth-order valence-electron chi connectivity index (χ4n) is 4.52. The second-order valence-corrected chi connectivity index (χ2v) is 7.84. The van der Waals surface area contributed by atoms with E-state index in [9.17, 15) is 0 Å². The van der Waals surface area contributed by atoms with Crippen molar-refractivity contribution in [2.24, 2.45) is 16.7 Å². The number of hydrogen-bond acceptors (Lipinski definition) is 1. The molecule has 1 heteroatoms. The van der Waals surface area contributed by atoms with Crippen LogP contribution in [0.1, 0.15) is 79.1 Å². The van der Waals surface area contributed by atoms with E-state index in [1.54, 1.807) is 5.57 Å². The van der Waals surface area contributed by atoms with Crippen molar-refractivity contribution in [2.45, 2.75) is 79.1 Å². The van der Waals surface area contributed by atoms with Gasteiger partial charge in [-0.05, 0) is 56.4 Å². The maximum absolute atomic E-state index is 3.77. The molecular formula is C19H35N. The van der Waals surface area contributed by atoms with Crippen LogP contribution in [0.4, 0.5) is 0 Å². The minimum Gasteiger partial charge on any atom is -0.316 e. The highest BCUT2D eigenvalue weighted by Gasteiger charge is 2.53. The summed E-state index contributed by atoms with van der Waals surface area (Å²) in [6, 6.07) is 0. The normalized spacial score (nSPS) is 24.4. The van der Waals surface area contributed by atoms with E-state index in [1.807, 2.05) is 0 Å². The Bertz CT molecular complexity index is 328. The second kappa shape index (κ2) is 6.64. The molecule has 0 amide bonds. The molecule has 2 aliphatic rings. The smallest absolute Gasteiger partial charge is 0.00472 e. The predicted molar refractivity (Wildman–Crippen MR) is 88.9 cm³/mol. The maximum Gasteiger partial charge on any atom is 0.00472 e. The zero-order valence-corrected chi connectivity index (χ0v) is 14.2. The van der Waals surface area contributed by atoms with Crippen molar-refractivity contribution < 1.29 is 0 Å². The van der Waals surface area contributed by atoms with Crippen LogP contribution in [0.15, 0.2) is 11.6 Å². The first-order valence-electron chi connectivity index (χ1n) is 8.96. The third-order valence-corrected chi connectivity index (χ3v) is 5.91. The highest BCUT2D eigenvalue weighted by Crippen LogP contribution is 2.62. The van der Waals surface area contributed by atoms with Crippen molar-refractivity contribution in [3.05, 3.63) is 11.6 Å². The summed E-state index contributed by atoms with van der Waals surface area (Å²) in [6.45, 7) is 11.8. The lowest BCUT2D eigenvalue weighted by molar-refractivity contribution is -0.0223. The fraction of sp³-hybridized carbons (Fsp3) is 0.895. The van der Waals surface area contributed by atoms with Crippen LogP contribution in [0, 0.1) is 16.7 Å². The number of hydrogen-bond donors (Lipinski definition) is 1. The van der Waals surface area contributed by atoms with Gasteiger partial charge in [0.25, 0.3) is 0 Å². The first-order chi connectivity index (χ1) is 9.56. The Labute approximate surface area is 126 Å². The standard InChI is InChI=1S/C19H35N/c1-5-18(6-2)13-19(14-18,15-20-12-16(3)4)17-10-8-7-9-11-17/h10,16,20H,5-9,11-15H2,1-4H3. The van der Waals surface area contributed by atoms with E-state index in [-0.39, 0.29) is 0 Å². The highest BCUT2D eigenvalue weighted by molar-refractivity contribution is 5.24. The topological polar surface area (TPSA) is 12.0 Å². The van der Waals surface area contributed by atoms with Crippen LogP contribution in [-0.2, 0) is 0 Å². The lowest BCUT2D eigenvalue weighted by Crippen LogP contribution is -2.53. The summed E-state index contributed by atoms with van der Waals surface area (Å²) in [7, 11) is 0. The maximum atomic E-state index is 3.77. The molecule has 116 valence electrons. The third-order valence-electron chi connectivity index (χ3n) is 5.91. The molecule has 1 N–H and O–H groups in total. The summed E-state index contributed by atoms with van der Waals surface area (Å²) in [5.41, 5.74) is 2.97. The van der Waals surface area contributed by atoms with E-state index < -0.39 is 0 Å². The van der Waals surface area contributed by atoms with Gasteiger partial charge in [0.05, 0.1) is 0 Å². The molecule has 0 spiro atoms. The van der Waals surface area contributed by atoms with Gasteiger partial charge in [0, 0.05) is 12.0 Å². The van der Waals surface area contributed by atoms with Crippen LogP contribution in [0.25, 0.3) is 0 Å². The van der Waals surface area contributed by atoms with E-state index in [0.29, 0.717) is 10.8 Å². The molecule has 0 bridgehead atoms. The van der Waals surface area contributed by atoms with Gasteiger partial charge in [-0.15, -0.1) is 0 Å². The van der Waals surface area contributed by atoms with Gasteiger partial charge < -0.3 is 5.32 Å². The molecule has 0 radical (unpaired) electrons. The molecule has 0 aromatic heterocycles. The van der Waals surface area contributed by atoms with Crippen molar-refractivity contribution >= 4 is 0 Å². The van der Waals surface area contributed by atoms with Crippen LogP contribution >= 0.6 is 0 Å². The van der Waals surface area contributed by atoms with Crippen LogP contribution in [0.5, 0.6) is 0 Å². The molecule has 0 heterocycles. The van der Waals surface area contributed by atoms with Crippen molar-refractivity contribution in [1.29, 1.82) is 0 Å². The Morgan fingerprint density at radius 1 is 1.15 bits per heavy atom. The lowest BCUT2D eigenvalue weighted by Gasteiger charge is -2.58. The van der Waals surface area contributed by atoms with E-state index in [1.165, 1.54) is 64.5 Å². The zero-order chi connectivity index (χ0) is 14.6. The van der Waals surface area contributed by atoms with E-state index >= 15 is 0 Å². The van der Waals surface area contributed by atoms with E-state index in [4.69, 9.17) is 0 Å². The second-order valence-electron chi connectivity index (χ2n) is 7.84. The minimum atomic E-state index is 0.515. The molecule has 2 rings (SSSR count). The van der Waals surface area contributed by atoms with Crippen LogP contribution < -0.4 is 5.32 Å². The van der Waals surface area contributed by atoms with Crippen LogP contribution in [-0.4, -0.2) is 13.1 Å². The summed E-state index contributed by atoms with van der Waals surface area (Å²) in [5, 5.41) is 3.77. The molecule has 1 nitrogen and oxygen atoms in total. The molecule has 0 aliphatic heterocycles. The summed E-state index contributed by atoms with van der Waals surface area (Å²) < 4.78 is 0. The molecule has 20 heavy (non-hydrogen) atoms. The predicted octanol–water partition coefficient (Wildman–Crippen LogP) is 5.32. The van der Waals surface area contributed by atoms with E-state index in [0.717, 1.165) is 5.92 Å². The summed E-state index contributed by atoms with van der Waals surface area (Å²) >= 11 is 0. The molecule has 2 aliphatic carbocycles. The Morgan fingerprint density at radius 3 is 2.35 bits per heavy atom. The Hall–Kier alpha value is -0.300. The Kier molecular flexibility index (Phi) is 5.34. The lowest BCUT2D eigenvalue weighted by atomic mass is 9.47. The average molecular weight is 277 g/mol. The SMILES string of the molecule is CCC1(CC)CC(CNCC(C)C)(C2=CCCCC2)C1. The number of allylic oxidation sites excluding steroid dienone is 1. The first-order valence-corrected chi connectivity index (χ1v) is 8.96. The molecule has 0 aromatic carbocycles. The first kappa shape index (κ1) is 16.1. The summed E-state index contributed by atoms with van der Waals surface area (Å²) in [4.78, 5) is 0. The van der Waals surface area contributed by atoms with Gasteiger partial charge in [-0.25, -0.2) is 0 Å². The summed E-state index contributed by atoms with van der Waals surface area (Å²) in [6.07, 6.45) is 13.7. The van der Waals surface area contributed by atoms with Gasteiger partial charge >= 0.3 is 0 Å². The number of rotatable bonds is 7. The summed E-state index contributed by atoms with van der Waals surface area (Å²) in [5.74, 6) is 0.759. The monoisotopic (exact) mass is 277 g/mol. The van der Waals surface area contributed by atoms with Crippen molar-refractivity contribution in [1.82, 2.24) is 5.32 Å². The van der Waals surface area contributed by atoms with Crippen LogP contribution in [0.3, 0.4) is 0 Å².